The summed E-state index contributed by atoms with van der Waals surface area (Å²) in [5, 5.41) is 0. The zero-order valence-corrected chi connectivity index (χ0v) is 11.4. The third-order valence-electron chi connectivity index (χ3n) is 3.28. The van der Waals surface area contributed by atoms with Crippen LogP contribution in [-0.4, -0.2) is 43.1 Å². The van der Waals surface area contributed by atoms with E-state index in [0.717, 1.165) is 31.0 Å². The summed E-state index contributed by atoms with van der Waals surface area (Å²) in [5.74, 6) is 1.66. The van der Waals surface area contributed by atoms with Crippen LogP contribution in [0.5, 0.6) is 0 Å². The fourth-order valence-electron chi connectivity index (χ4n) is 2.29. The number of aromatic nitrogens is 1. The fraction of sp³-hybridized carbons (Fsp3) is 0.615. The molecule has 1 aliphatic rings. The number of anilines is 1. The van der Waals surface area contributed by atoms with Gasteiger partial charge >= 0.3 is 0 Å². The van der Waals surface area contributed by atoms with Gasteiger partial charge in [-0.15, -0.1) is 11.6 Å². The van der Waals surface area contributed by atoms with E-state index in [4.69, 9.17) is 11.6 Å². The van der Waals surface area contributed by atoms with Crippen LogP contribution in [0.25, 0.3) is 0 Å². The van der Waals surface area contributed by atoms with Crippen molar-refractivity contribution in [2.24, 2.45) is 0 Å². The van der Waals surface area contributed by atoms with E-state index in [1.54, 1.807) is 0 Å². The molecule has 0 radical (unpaired) electrons. The predicted octanol–water partition coefficient (Wildman–Crippen LogP) is 2.27. The molecule has 1 aromatic rings. The Labute approximate surface area is 108 Å². The Hall–Kier alpha value is -0.800. The number of pyridine rings is 1. The normalized spacial score (nSPS) is 18.2. The minimum absolute atomic E-state index is 0.539. The van der Waals surface area contributed by atoms with Gasteiger partial charge in [-0.1, -0.05) is 0 Å². The van der Waals surface area contributed by atoms with Crippen LogP contribution in [-0.2, 0) is 5.88 Å². The lowest BCUT2D eigenvalue weighted by Gasteiger charge is -2.23. The molecule has 1 aromatic heterocycles. The molecule has 94 valence electrons. The molecule has 3 nitrogen and oxygen atoms in total. The van der Waals surface area contributed by atoms with Crippen molar-refractivity contribution in [1.82, 2.24) is 9.88 Å². The van der Waals surface area contributed by atoms with Crippen LogP contribution in [0, 0.1) is 6.92 Å². The average molecular weight is 254 g/mol. The number of likely N-dealkylation sites (N-methyl/N-ethyl adjacent to an activating group) is 1. The molecule has 1 fully saturated rings. The number of nitrogens with zero attached hydrogens (tertiary/aromatic N) is 3. The molecule has 2 rings (SSSR count). The molecule has 1 saturated heterocycles. The number of aryl methyl sites for hydroxylation is 1. The van der Waals surface area contributed by atoms with Crippen molar-refractivity contribution >= 4 is 17.4 Å². The van der Waals surface area contributed by atoms with Gasteiger partial charge in [-0.2, -0.15) is 0 Å². The first kappa shape index (κ1) is 12.7. The zero-order chi connectivity index (χ0) is 12.3. The molecule has 4 heteroatoms. The Morgan fingerprint density at radius 1 is 1.29 bits per heavy atom. The Bertz CT molecular complexity index is 381. The quantitative estimate of drug-likeness (QED) is 0.754. The van der Waals surface area contributed by atoms with Gasteiger partial charge in [0.05, 0.1) is 0 Å². The summed E-state index contributed by atoms with van der Waals surface area (Å²) >= 11 is 5.82. The fourth-order valence-corrected chi connectivity index (χ4v) is 2.43. The van der Waals surface area contributed by atoms with Crippen molar-refractivity contribution in [3.8, 4) is 0 Å². The summed E-state index contributed by atoms with van der Waals surface area (Å²) in [5.41, 5.74) is 2.33. The van der Waals surface area contributed by atoms with E-state index < -0.39 is 0 Å². The van der Waals surface area contributed by atoms with Crippen LogP contribution in [0.3, 0.4) is 0 Å². The average Bonchev–Trinajstić information content (AvgIpc) is 2.54. The van der Waals surface area contributed by atoms with E-state index in [-0.39, 0.29) is 0 Å². The van der Waals surface area contributed by atoms with Gasteiger partial charge in [-0.25, -0.2) is 4.98 Å². The topological polar surface area (TPSA) is 19.4 Å². The van der Waals surface area contributed by atoms with Crippen molar-refractivity contribution in [3.63, 3.8) is 0 Å². The van der Waals surface area contributed by atoms with E-state index in [2.05, 4.69) is 34.8 Å². The van der Waals surface area contributed by atoms with E-state index in [9.17, 15) is 0 Å². The summed E-state index contributed by atoms with van der Waals surface area (Å²) in [4.78, 5) is 9.33. The Morgan fingerprint density at radius 3 is 2.82 bits per heavy atom. The summed E-state index contributed by atoms with van der Waals surface area (Å²) in [7, 11) is 2.18. The molecule has 0 atom stereocenters. The standard InChI is InChI=1S/C13H20ClN3/c1-11-8-12(9-14)10-15-13(11)17-5-3-4-16(2)6-7-17/h8,10H,3-7,9H2,1-2H3. The second-order valence-electron chi connectivity index (χ2n) is 4.76. The van der Waals surface area contributed by atoms with Crippen LogP contribution in [0.4, 0.5) is 5.82 Å². The largest absolute Gasteiger partial charge is 0.355 e. The molecule has 0 spiro atoms. The SMILES string of the molecule is Cc1cc(CCl)cnc1N1CCCN(C)CC1. The molecule has 0 aliphatic carbocycles. The lowest BCUT2D eigenvalue weighted by molar-refractivity contribution is 0.360. The summed E-state index contributed by atoms with van der Waals surface area (Å²) in [6.45, 7) is 6.56. The van der Waals surface area contributed by atoms with Crippen LogP contribution >= 0.6 is 11.6 Å². The lowest BCUT2D eigenvalue weighted by Crippen LogP contribution is -2.29. The minimum atomic E-state index is 0.539. The number of hydrogen-bond acceptors (Lipinski definition) is 3. The van der Waals surface area contributed by atoms with Gasteiger partial charge in [-0.3, -0.25) is 0 Å². The molecule has 2 heterocycles. The highest BCUT2D eigenvalue weighted by atomic mass is 35.5. The molecule has 0 unspecified atom stereocenters. The lowest BCUT2D eigenvalue weighted by atomic mass is 10.2. The highest BCUT2D eigenvalue weighted by Crippen LogP contribution is 2.20. The summed E-state index contributed by atoms with van der Waals surface area (Å²) in [6, 6.07) is 2.14. The molecule has 0 amide bonds. The molecule has 1 aliphatic heterocycles. The first-order valence-electron chi connectivity index (χ1n) is 6.15. The molecule has 0 N–H and O–H groups in total. The molecule has 0 saturated carbocycles. The maximum Gasteiger partial charge on any atom is 0.131 e. The van der Waals surface area contributed by atoms with Crippen LogP contribution in [0.1, 0.15) is 17.5 Å². The second-order valence-corrected chi connectivity index (χ2v) is 5.03. The number of halogens is 1. The molecule has 0 bridgehead atoms. The van der Waals surface area contributed by atoms with E-state index >= 15 is 0 Å². The minimum Gasteiger partial charge on any atom is -0.355 e. The monoisotopic (exact) mass is 253 g/mol. The number of hydrogen-bond donors (Lipinski definition) is 0. The molecular formula is C13H20ClN3. The van der Waals surface area contributed by atoms with Crippen molar-refractivity contribution in [1.29, 1.82) is 0 Å². The number of alkyl halides is 1. The molecular weight excluding hydrogens is 234 g/mol. The van der Waals surface area contributed by atoms with Crippen LogP contribution < -0.4 is 4.90 Å². The van der Waals surface area contributed by atoms with Crippen molar-refractivity contribution in [2.45, 2.75) is 19.2 Å². The maximum absolute atomic E-state index is 5.82. The third kappa shape index (κ3) is 3.11. The Kier molecular flexibility index (Phi) is 4.24. The van der Waals surface area contributed by atoms with Crippen molar-refractivity contribution in [3.05, 3.63) is 23.4 Å². The van der Waals surface area contributed by atoms with E-state index in [1.807, 2.05) is 6.20 Å². The van der Waals surface area contributed by atoms with Crippen molar-refractivity contribution < 1.29 is 0 Å². The van der Waals surface area contributed by atoms with Gasteiger partial charge < -0.3 is 9.80 Å². The summed E-state index contributed by atoms with van der Waals surface area (Å²) in [6.07, 6.45) is 3.10. The van der Waals surface area contributed by atoms with Crippen molar-refractivity contribution in [2.75, 3.05) is 38.1 Å². The Balaban J connectivity index is 2.15. The van der Waals surface area contributed by atoms with E-state index in [0.29, 0.717) is 5.88 Å². The molecule has 0 aromatic carbocycles. The van der Waals surface area contributed by atoms with Gasteiger partial charge in [0.2, 0.25) is 0 Å². The van der Waals surface area contributed by atoms with Gasteiger partial charge in [0.1, 0.15) is 5.82 Å². The maximum atomic E-state index is 5.82. The van der Waals surface area contributed by atoms with Gasteiger partial charge in [-0.05, 0) is 44.1 Å². The number of rotatable bonds is 2. The van der Waals surface area contributed by atoms with Crippen LogP contribution in [0.15, 0.2) is 12.3 Å². The summed E-state index contributed by atoms with van der Waals surface area (Å²) < 4.78 is 0. The predicted molar refractivity (Wildman–Crippen MR) is 72.9 cm³/mol. The Morgan fingerprint density at radius 2 is 2.12 bits per heavy atom. The van der Waals surface area contributed by atoms with Gasteiger partial charge in [0.15, 0.2) is 0 Å². The second kappa shape index (κ2) is 5.69. The van der Waals surface area contributed by atoms with Crippen LogP contribution in [0.2, 0.25) is 0 Å². The van der Waals surface area contributed by atoms with Gasteiger partial charge in [0.25, 0.3) is 0 Å². The highest BCUT2D eigenvalue weighted by Gasteiger charge is 2.15. The molecule has 17 heavy (non-hydrogen) atoms. The van der Waals surface area contributed by atoms with Gasteiger partial charge in [0, 0.05) is 31.7 Å². The zero-order valence-electron chi connectivity index (χ0n) is 10.6. The smallest absolute Gasteiger partial charge is 0.131 e. The first-order valence-corrected chi connectivity index (χ1v) is 6.69. The first-order chi connectivity index (χ1) is 8.20. The third-order valence-corrected chi connectivity index (χ3v) is 3.59. The van der Waals surface area contributed by atoms with E-state index in [1.165, 1.54) is 18.5 Å². The highest BCUT2D eigenvalue weighted by molar-refractivity contribution is 6.17.